The number of H-pyrrole nitrogens is 1. The van der Waals surface area contributed by atoms with Gasteiger partial charge in [0.2, 0.25) is 5.95 Å². The van der Waals surface area contributed by atoms with Crippen molar-refractivity contribution in [3.63, 3.8) is 0 Å². The smallest absolute Gasteiger partial charge is 0.257 e. The summed E-state index contributed by atoms with van der Waals surface area (Å²) in [5.74, 6) is 0.585. The van der Waals surface area contributed by atoms with Crippen molar-refractivity contribution in [2.24, 2.45) is 0 Å². The van der Waals surface area contributed by atoms with Gasteiger partial charge in [0.05, 0.1) is 38.0 Å². The average Bonchev–Trinajstić information content (AvgIpc) is 3.10. The minimum absolute atomic E-state index is 0.0231. The van der Waals surface area contributed by atoms with Crippen LogP contribution in [0.15, 0.2) is 29.8 Å². The summed E-state index contributed by atoms with van der Waals surface area (Å²) >= 11 is 0. The second-order valence-electron chi connectivity index (χ2n) is 4.69. The predicted molar refractivity (Wildman–Crippen MR) is 77.7 cm³/mol. The molecule has 0 radical (unpaired) electrons. The van der Waals surface area contributed by atoms with Crippen LogP contribution in [0.4, 0.5) is 5.95 Å². The van der Waals surface area contributed by atoms with E-state index >= 15 is 0 Å². The third kappa shape index (κ3) is 3.40. The van der Waals surface area contributed by atoms with Gasteiger partial charge in [-0.25, -0.2) is 28.1 Å². The lowest BCUT2D eigenvalue weighted by Crippen LogP contribution is -2.37. The molecule has 0 atom stereocenters. The third-order valence-electron chi connectivity index (χ3n) is 3.20. The van der Waals surface area contributed by atoms with Gasteiger partial charge in [0.1, 0.15) is 0 Å². The molecule has 2 aromatic rings. The highest BCUT2D eigenvalue weighted by molar-refractivity contribution is 7.89. The van der Waals surface area contributed by atoms with Gasteiger partial charge < -0.3 is 14.6 Å². The molecular weight excluding hydrogens is 308 g/mol. The molecule has 2 N–H and O–H groups in total. The van der Waals surface area contributed by atoms with Crippen LogP contribution in [0.1, 0.15) is 5.69 Å². The fourth-order valence-electron chi connectivity index (χ4n) is 2.04. The molecular formula is C12H16N6O3S. The molecule has 3 rings (SSSR count). The van der Waals surface area contributed by atoms with Crippen molar-refractivity contribution in [1.29, 1.82) is 0 Å². The first-order valence-electron chi connectivity index (χ1n) is 6.78. The number of morpholine rings is 1. The minimum atomic E-state index is -3.61. The van der Waals surface area contributed by atoms with Gasteiger partial charge in [-0.1, -0.05) is 0 Å². The monoisotopic (exact) mass is 324 g/mol. The number of aromatic amines is 1. The standard InChI is InChI=1S/C12H16N6O3S/c19-22(20,11-8-13-9-15-11)16-7-10-1-2-14-12(17-10)18-3-5-21-6-4-18/h1-2,8-9,16H,3-7H2,(H,13,15). The van der Waals surface area contributed by atoms with Gasteiger partial charge in [-0.3, -0.25) is 0 Å². The average molecular weight is 324 g/mol. The summed E-state index contributed by atoms with van der Waals surface area (Å²) in [4.78, 5) is 16.9. The van der Waals surface area contributed by atoms with E-state index in [1.165, 1.54) is 12.5 Å². The number of anilines is 1. The summed E-state index contributed by atoms with van der Waals surface area (Å²) < 4.78 is 31.8. The fraction of sp³-hybridized carbons (Fsp3) is 0.417. The lowest BCUT2D eigenvalue weighted by molar-refractivity contribution is 0.122. The van der Waals surface area contributed by atoms with Crippen LogP contribution in [0.2, 0.25) is 0 Å². The van der Waals surface area contributed by atoms with E-state index in [0.717, 1.165) is 13.1 Å². The first-order chi connectivity index (χ1) is 10.6. The van der Waals surface area contributed by atoms with Crippen molar-refractivity contribution >= 4 is 16.0 Å². The number of rotatable bonds is 5. The van der Waals surface area contributed by atoms with E-state index in [0.29, 0.717) is 24.9 Å². The first kappa shape index (κ1) is 14.9. The van der Waals surface area contributed by atoms with Crippen LogP contribution < -0.4 is 9.62 Å². The van der Waals surface area contributed by atoms with Crippen LogP contribution in [-0.4, -0.2) is 54.7 Å². The Morgan fingerprint density at radius 2 is 2.18 bits per heavy atom. The van der Waals surface area contributed by atoms with Gasteiger partial charge in [0.15, 0.2) is 5.03 Å². The molecule has 118 valence electrons. The van der Waals surface area contributed by atoms with Crippen molar-refractivity contribution in [1.82, 2.24) is 24.7 Å². The van der Waals surface area contributed by atoms with Crippen LogP contribution >= 0.6 is 0 Å². The van der Waals surface area contributed by atoms with Crippen molar-refractivity contribution in [2.75, 3.05) is 31.2 Å². The Bertz CT molecular complexity index is 712. The number of ether oxygens (including phenoxy) is 1. The minimum Gasteiger partial charge on any atom is -0.378 e. The second-order valence-corrected chi connectivity index (χ2v) is 6.42. The maximum atomic E-state index is 12.0. The number of nitrogens with one attached hydrogen (secondary N) is 2. The number of imidazole rings is 1. The summed E-state index contributed by atoms with van der Waals surface area (Å²) in [6, 6.07) is 1.68. The van der Waals surface area contributed by atoms with Gasteiger partial charge in [0.25, 0.3) is 10.0 Å². The molecule has 0 spiro atoms. The summed E-state index contributed by atoms with van der Waals surface area (Å²) in [6.07, 6.45) is 4.19. The molecule has 22 heavy (non-hydrogen) atoms. The number of hydrogen-bond acceptors (Lipinski definition) is 7. The Labute approximate surface area is 127 Å². The zero-order chi connectivity index (χ0) is 15.4. The lowest BCUT2D eigenvalue weighted by Gasteiger charge is -2.26. The van der Waals surface area contributed by atoms with E-state index < -0.39 is 10.0 Å². The highest BCUT2D eigenvalue weighted by Gasteiger charge is 2.17. The summed E-state index contributed by atoms with van der Waals surface area (Å²) in [5, 5.41) is 0.0231. The second kappa shape index (κ2) is 6.38. The Balaban J connectivity index is 1.68. The summed E-state index contributed by atoms with van der Waals surface area (Å²) in [5.41, 5.74) is 0.597. The van der Waals surface area contributed by atoms with Crippen molar-refractivity contribution in [3.8, 4) is 0 Å². The van der Waals surface area contributed by atoms with Crippen LogP contribution in [0.5, 0.6) is 0 Å². The molecule has 0 bridgehead atoms. The highest BCUT2D eigenvalue weighted by atomic mass is 32.2. The maximum Gasteiger partial charge on any atom is 0.257 e. The summed E-state index contributed by atoms with van der Waals surface area (Å²) in [7, 11) is -3.61. The normalized spacial score (nSPS) is 15.9. The molecule has 9 nitrogen and oxygen atoms in total. The highest BCUT2D eigenvalue weighted by Crippen LogP contribution is 2.10. The fourth-order valence-corrected chi connectivity index (χ4v) is 2.94. The van der Waals surface area contributed by atoms with Gasteiger partial charge in [-0.2, -0.15) is 0 Å². The quantitative estimate of drug-likeness (QED) is 0.763. The molecule has 2 aromatic heterocycles. The third-order valence-corrected chi connectivity index (χ3v) is 4.53. The number of sulfonamides is 1. The Kier molecular flexibility index (Phi) is 4.32. The van der Waals surface area contributed by atoms with Gasteiger partial charge >= 0.3 is 0 Å². The zero-order valence-corrected chi connectivity index (χ0v) is 12.6. The topological polar surface area (TPSA) is 113 Å². The largest absolute Gasteiger partial charge is 0.378 e. The van der Waals surface area contributed by atoms with Crippen LogP contribution in [-0.2, 0) is 21.3 Å². The van der Waals surface area contributed by atoms with E-state index in [9.17, 15) is 8.42 Å². The molecule has 3 heterocycles. The number of nitrogens with zero attached hydrogens (tertiary/aromatic N) is 4. The molecule has 0 saturated carbocycles. The first-order valence-corrected chi connectivity index (χ1v) is 8.26. The van der Waals surface area contributed by atoms with Gasteiger partial charge in [0, 0.05) is 19.3 Å². The Morgan fingerprint density at radius 3 is 2.91 bits per heavy atom. The van der Waals surface area contributed by atoms with Crippen LogP contribution in [0.25, 0.3) is 0 Å². The van der Waals surface area contributed by atoms with Crippen LogP contribution in [0.3, 0.4) is 0 Å². The number of hydrogen-bond donors (Lipinski definition) is 2. The molecule has 1 fully saturated rings. The molecule has 1 saturated heterocycles. The van der Waals surface area contributed by atoms with Crippen molar-refractivity contribution in [2.45, 2.75) is 11.6 Å². The Morgan fingerprint density at radius 1 is 1.36 bits per heavy atom. The molecule has 0 amide bonds. The predicted octanol–water partition coefficient (Wildman–Crippen LogP) is -0.485. The molecule has 0 aromatic carbocycles. The van der Waals surface area contributed by atoms with Crippen LogP contribution in [0, 0.1) is 0 Å². The SMILES string of the molecule is O=S(=O)(NCc1ccnc(N2CCOCC2)n1)c1cnc[nH]1. The molecule has 0 aliphatic carbocycles. The van der Waals surface area contributed by atoms with E-state index in [4.69, 9.17) is 4.74 Å². The van der Waals surface area contributed by atoms with Crippen molar-refractivity contribution in [3.05, 3.63) is 30.5 Å². The Hall–Kier alpha value is -2.04. The van der Waals surface area contributed by atoms with E-state index in [1.807, 2.05) is 4.90 Å². The number of aromatic nitrogens is 4. The lowest BCUT2D eigenvalue weighted by atomic mass is 10.4. The zero-order valence-electron chi connectivity index (χ0n) is 11.8. The molecule has 1 aliphatic rings. The molecule has 0 unspecified atom stereocenters. The van der Waals surface area contributed by atoms with Gasteiger partial charge in [-0.15, -0.1) is 0 Å². The van der Waals surface area contributed by atoms with E-state index in [2.05, 4.69) is 24.7 Å². The van der Waals surface area contributed by atoms with E-state index in [1.54, 1.807) is 12.3 Å². The molecule has 1 aliphatic heterocycles. The van der Waals surface area contributed by atoms with Gasteiger partial charge in [-0.05, 0) is 6.07 Å². The van der Waals surface area contributed by atoms with E-state index in [-0.39, 0.29) is 11.6 Å². The molecule has 10 heteroatoms. The van der Waals surface area contributed by atoms with Crippen molar-refractivity contribution < 1.29 is 13.2 Å². The summed E-state index contributed by atoms with van der Waals surface area (Å²) in [6.45, 7) is 2.81. The maximum absolute atomic E-state index is 12.0.